The smallest absolute Gasteiger partial charge is 0.0798 e. The van der Waals surface area contributed by atoms with Gasteiger partial charge in [-0.3, -0.25) is 4.98 Å². The normalized spacial score (nSPS) is 13.8. The van der Waals surface area contributed by atoms with Crippen LogP contribution >= 0.6 is 0 Å². The largest absolute Gasteiger partial charge is 0.264 e. The number of benzene rings is 1. The van der Waals surface area contributed by atoms with Crippen LogP contribution in [0.3, 0.4) is 0 Å². The Labute approximate surface area is 114 Å². The van der Waals surface area contributed by atoms with E-state index in [1.165, 1.54) is 5.56 Å². The molecule has 0 amide bonds. The molecule has 96 valence electrons. The lowest BCUT2D eigenvalue weighted by molar-refractivity contribution is 0.465. The second-order valence-corrected chi connectivity index (χ2v) is 5.07. The first-order chi connectivity index (χ1) is 9.24. The van der Waals surface area contributed by atoms with Crippen molar-refractivity contribution < 1.29 is 0 Å². The summed E-state index contributed by atoms with van der Waals surface area (Å²) in [4.78, 5) is 4.14. The van der Waals surface area contributed by atoms with Gasteiger partial charge in [-0.1, -0.05) is 50.2 Å². The third kappa shape index (κ3) is 3.00. The number of pyridine rings is 1. The van der Waals surface area contributed by atoms with Gasteiger partial charge in [0.15, 0.2) is 0 Å². The van der Waals surface area contributed by atoms with Crippen LogP contribution in [0, 0.1) is 17.2 Å². The van der Waals surface area contributed by atoms with Crippen LogP contribution in [0.2, 0.25) is 0 Å². The maximum atomic E-state index is 9.58. The number of hydrogen-bond donors (Lipinski definition) is 0. The molecule has 0 radical (unpaired) electrons. The lowest BCUT2D eigenvalue weighted by atomic mass is 9.76. The summed E-state index contributed by atoms with van der Waals surface area (Å²) >= 11 is 0. The quantitative estimate of drug-likeness (QED) is 0.818. The molecule has 0 aliphatic carbocycles. The Morgan fingerprint density at radius 3 is 2.21 bits per heavy atom. The highest BCUT2D eigenvalue weighted by molar-refractivity contribution is 5.32. The van der Waals surface area contributed by atoms with Gasteiger partial charge in [0.05, 0.1) is 12.0 Å². The van der Waals surface area contributed by atoms with Crippen molar-refractivity contribution in [1.29, 1.82) is 5.26 Å². The third-order valence-electron chi connectivity index (χ3n) is 3.44. The average molecular weight is 250 g/mol. The lowest BCUT2D eigenvalue weighted by Crippen LogP contribution is -2.16. The Kier molecular flexibility index (Phi) is 4.30. The molecule has 0 aliphatic heterocycles. The van der Waals surface area contributed by atoms with Crippen molar-refractivity contribution in [2.75, 3.05) is 0 Å². The summed E-state index contributed by atoms with van der Waals surface area (Å²) in [5.74, 6) is 0.429. The minimum Gasteiger partial charge on any atom is -0.264 e. The summed E-state index contributed by atoms with van der Waals surface area (Å²) in [5.41, 5.74) is 2.21. The van der Waals surface area contributed by atoms with Gasteiger partial charge in [0.25, 0.3) is 0 Å². The fourth-order valence-corrected chi connectivity index (χ4v) is 2.56. The molecule has 0 N–H and O–H groups in total. The SMILES string of the molecule is CC(C)[C@H](c1ccccc1)[C@H](C#N)c1cccnc1. The molecular formula is C17H18N2. The van der Waals surface area contributed by atoms with Crippen LogP contribution in [-0.4, -0.2) is 4.98 Å². The van der Waals surface area contributed by atoms with E-state index in [9.17, 15) is 5.26 Å². The van der Waals surface area contributed by atoms with Crippen LogP contribution in [-0.2, 0) is 0 Å². The number of rotatable bonds is 4. The zero-order valence-corrected chi connectivity index (χ0v) is 11.3. The first-order valence-electron chi connectivity index (χ1n) is 6.58. The van der Waals surface area contributed by atoms with Crippen molar-refractivity contribution >= 4 is 0 Å². The summed E-state index contributed by atoms with van der Waals surface area (Å²) in [7, 11) is 0. The van der Waals surface area contributed by atoms with Gasteiger partial charge in [0.2, 0.25) is 0 Å². The standard InChI is InChI=1S/C17H18N2/c1-13(2)17(14-7-4-3-5-8-14)16(11-18)15-9-6-10-19-12-15/h3-10,12-13,16-17H,1-2H3/t16-,17-/m1/s1. The molecule has 19 heavy (non-hydrogen) atoms. The fourth-order valence-electron chi connectivity index (χ4n) is 2.56. The summed E-state index contributed by atoms with van der Waals surface area (Å²) < 4.78 is 0. The first kappa shape index (κ1) is 13.3. The second kappa shape index (κ2) is 6.15. The molecule has 1 heterocycles. The molecule has 1 aromatic heterocycles. The molecule has 0 fully saturated rings. The van der Waals surface area contributed by atoms with Crippen LogP contribution in [0.25, 0.3) is 0 Å². The van der Waals surface area contributed by atoms with Crippen LogP contribution in [0.5, 0.6) is 0 Å². The van der Waals surface area contributed by atoms with Crippen molar-refractivity contribution in [3.63, 3.8) is 0 Å². The molecule has 0 bridgehead atoms. The molecule has 2 rings (SSSR count). The molecule has 0 saturated carbocycles. The van der Waals surface area contributed by atoms with E-state index < -0.39 is 0 Å². The first-order valence-corrected chi connectivity index (χ1v) is 6.58. The van der Waals surface area contributed by atoms with Crippen LogP contribution in [0.1, 0.15) is 36.8 Å². The van der Waals surface area contributed by atoms with Crippen molar-refractivity contribution in [3.8, 4) is 6.07 Å². The van der Waals surface area contributed by atoms with E-state index in [0.29, 0.717) is 5.92 Å². The number of nitrogens with zero attached hydrogens (tertiary/aromatic N) is 2. The van der Waals surface area contributed by atoms with Gasteiger partial charge in [0, 0.05) is 18.3 Å². The molecule has 1 aromatic carbocycles. The van der Waals surface area contributed by atoms with Crippen LogP contribution in [0.4, 0.5) is 0 Å². The maximum absolute atomic E-state index is 9.58. The van der Waals surface area contributed by atoms with E-state index in [1.807, 2.05) is 30.3 Å². The molecule has 0 aliphatic rings. The molecule has 0 saturated heterocycles. The molecule has 2 nitrogen and oxygen atoms in total. The monoisotopic (exact) mass is 250 g/mol. The van der Waals surface area contributed by atoms with Gasteiger partial charge < -0.3 is 0 Å². The van der Waals surface area contributed by atoms with Crippen LogP contribution in [0.15, 0.2) is 54.9 Å². The Bertz CT molecular complexity index is 540. The molecule has 0 unspecified atom stereocenters. The van der Waals surface area contributed by atoms with Gasteiger partial charge >= 0.3 is 0 Å². The summed E-state index contributed by atoms with van der Waals surface area (Å²) in [5, 5.41) is 9.58. The molecule has 0 spiro atoms. The van der Waals surface area contributed by atoms with Gasteiger partial charge in [-0.15, -0.1) is 0 Å². The van der Waals surface area contributed by atoms with Gasteiger partial charge in [-0.05, 0) is 23.1 Å². The van der Waals surface area contributed by atoms with E-state index in [0.717, 1.165) is 5.56 Å². The minimum absolute atomic E-state index is 0.156. The molecule has 2 aromatic rings. The van der Waals surface area contributed by atoms with Crippen molar-refractivity contribution in [1.82, 2.24) is 4.98 Å². The average Bonchev–Trinajstić information content (AvgIpc) is 2.46. The van der Waals surface area contributed by atoms with E-state index in [1.54, 1.807) is 12.4 Å². The number of aromatic nitrogens is 1. The number of nitriles is 1. The Hall–Kier alpha value is -2.14. The predicted molar refractivity (Wildman–Crippen MR) is 76.6 cm³/mol. The summed E-state index contributed by atoms with van der Waals surface area (Å²) in [6.45, 7) is 4.33. The zero-order chi connectivity index (χ0) is 13.7. The summed E-state index contributed by atoms with van der Waals surface area (Å²) in [6.07, 6.45) is 3.54. The number of hydrogen-bond acceptors (Lipinski definition) is 2. The van der Waals surface area contributed by atoms with Crippen molar-refractivity contribution in [3.05, 3.63) is 66.0 Å². The Balaban J connectivity index is 2.41. The van der Waals surface area contributed by atoms with E-state index in [-0.39, 0.29) is 11.8 Å². The van der Waals surface area contributed by atoms with Crippen molar-refractivity contribution in [2.45, 2.75) is 25.7 Å². The van der Waals surface area contributed by atoms with Crippen molar-refractivity contribution in [2.24, 2.45) is 5.92 Å². The highest BCUT2D eigenvalue weighted by atomic mass is 14.6. The Morgan fingerprint density at radius 2 is 1.68 bits per heavy atom. The lowest BCUT2D eigenvalue weighted by Gasteiger charge is -2.26. The Morgan fingerprint density at radius 1 is 1.00 bits per heavy atom. The van der Waals surface area contributed by atoms with E-state index in [4.69, 9.17) is 0 Å². The topological polar surface area (TPSA) is 36.7 Å². The maximum Gasteiger partial charge on any atom is 0.0798 e. The van der Waals surface area contributed by atoms with Crippen LogP contribution < -0.4 is 0 Å². The van der Waals surface area contributed by atoms with E-state index >= 15 is 0 Å². The predicted octanol–water partition coefficient (Wildman–Crippen LogP) is 4.13. The van der Waals surface area contributed by atoms with Gasteiger partial charge in [-0.25, -0.2) is 0 Å². The van der Waals surface area contributed by atoms with E-state index in [2.05, 4.69) is 37.0 Å². The molecular weight excluding hydrogens is 232 g/mol. The van der Waals surface area contributed by atoms with Gasteiger partial charge in [-0.2, -0.15) is 5.26 Å². The highest BCUT2D eigenvalue weighted by Crippen LogP contribution is 2.37. The van der Waals surface area contributed by atoms with Gasteiger partial charge in [0.1, 0.15) is 0 Å². The third-order valence-corrected chi connectivity index (χ3v) is 3.44. The minimum atomic E-state index is -0.156. The zero-order valence-electron chi connectivity index (χ0n) is 11.3. The summed E-state index contributed by atoms with van der Waals surface area (Å²) in [6, 6.07) is 16.6. The highest BCUT2D eigenvalue weighted by Gasteiger charge is 2.27. The molecule has 2 atom stereocenters. The second-order valence-electron chi connectivity index (χ2n) is 5.07. The fraction of sp³-hybridized carbons (Fsp3) is 0.294. The molecule has 2 heteroatoms.